The lowest BCUT2D eigenvalue weighted by Crippen LogP contribution is -2.50. The van der Waals surface area contributed by atoms with Gasteiger partial charge in [-0.1, -0.05) is 214 Å². The highest BCUT2D eigenvalue weighted by Gasteiger charge is 2.59. The maximum atomic E-state index is 7.18. The Balaban J connectivity index is 0.886. The number of hydrogen-bond donors (Lipinski definition) is 0. The summed E-state index contributed by atoms with van der Waals surface area (Å²) in [6.45, 7) is 14.9. The zero-order valence-corrected chi connectivity index (χ0v) is 47.9. The molecule has 2 heterocycles. The Morgan fingerprint density at radius 1 is 0.346 bits per heavy atom. The summed E-state index contributed by atoms with van der Waals surface area (Å²) >= 11 is 0. The third kappa shape index (κ3) is 7.68. The number of benzene rings is 10. The molecule has 0 amide bonds. The molecular formula is C77H72N2O2. The van der Waals surface area contributed by atoms with Gasteiger partial charge in [0.1, 0.15) is 11.2 Å². The Kier molecular flexibility index (Phi) is 11.7. The highest BCUT2D eigenvalue weighted by molar-refractivity contribution is 6.13. The van der Waals surface area contributed by atoms with Gasteiger partial charge in [-0.05, 0) is 164 Å². The monoisotopic (exact) mass is 1060 g/mol. The fourth-order valence-corrected chi connectivity index (χ4v) is 16.4. The van der Waals surface area contributed by atoms with Crippen molar-refractivity contribution in [2.75, 3.05) is 9.80 Å². The molecule has 0 bridgehead atoms. The predicted octanol–water partition coefficient (Wildman–Crippen LogP) is 23.2. The fraction of sp³-hybridized carbons (Fsp3) is 0.273. The van der Waals surface area contributed by atoms with E-state index in [-0.39, 0.29) is 10.8 Å². The van der Waals surface area contributed by atoms with Crippen LogP contribution in [0, 0.1) is 10.8 Å². The van der Waals surface area contributed by atoms with Gasteiger partial charge in [0.25, 0.3) is 0 Å². The van der Waals surface area contributed by atoms with Crippen LogP contribution in [-0.2, 0) is 5.41 Å². The van der Waals surface area contributed by atoms with Crippen LogP contribution in [0.5, 0.6) is 0 Å². The fourth-order valence-electron chi connectivity index (χ4n) is 16.4. The number of para-hydroxylation sites is 6. The second kappa shape index (κ2) is 19.0. The van der Waals surface area contributed by atoms with Crippen molar-refractivity contribution >= 4 is 99.5 Å². The summed E-state index contributed by atoms with van der Waals surface area (Å²) in [5, 5.41) is 9.79. The molecule has 12 aromatic rings. The molecule has 81 heavy (non-hydrogen) atoms. The minimum Gasteiger partial charge on any atom is -0.454 e. The van der Waals surface area contributed by atoms with Gasteiger partial charge in [0.15, 0.2) is 11.2 Å². The molecule has 402 valence electrons. The van der Waals surface area contributed by atoms with E-state index in [0.717, 1.165) is 67.2 Å². The van der Waals surface area contributed by atoms with Gasteiger partial charge >= 0.3 is 0 Å². The number of rotatable bonds is 8. The zero-order chi connectivity index (χ0) is 54.8. The Morgan fingerprint density at radius 3 is 1.12 bits per heavy atom. The molecule has 2 saturated carbocycles. The van der Waals surface area contributed by atoms with Crippen molar-refractivity contribution < 1.29 is 8.83 Å². The van der Waals surface area contributed by atoms with Crippen LogP contribution in [0.4, 0.5) is 34.1 Å². The molecule has 2 aromatic heterocycles. The molecule has 0 N–H and O–H groups in total. The lowest BCUT2D eigenvalue weighted by atomic mass is 9.49. The van der Waals surface area contributed by atoms with Crippen molar-refractivity contribution in [1.29, 1.82) is 0 Å². The van der Waals surface area contributed by atoms with Crippen LogP contribution in [-0.4, -0.2) is 0 Å². The van der Waals surface area contributed by atoms with Gasteiger partial charge < -0.3 is 18.6 Å². The molecule has 3 aliphatic carbocycles. The van der Waals surface area contributed by atoms with E-state index in [1.807, 2.05) is 0 Å². The molecule has 15 rings (SSSR count). The van der Waals surface area contributed by atoms with Crippen molar-refractivity contribution in [2.24, 2.45) is 10.8 Å². The molecule has 2 fully saturated rings. The summed E-state index contributed by atoms with van der Waals surface area (Å²) in [5.74, 6) is 1.07. The molecular weight excluding hydrogens is 985 g/mol. The van der Waals surface area contributed by atoms with Crippen LogP contribution in [0.1, 0.15) is 140 Å². The first-order valence-corrected chi connectivity index (χ1v) is 30.2. The Labute approximate surface area is 477 Å². The van der Waals surface area contributed by atoms with E-state index in [2.05, 4.69) is 245 Å². The standard InChI is InChI=1S/C77H72N2O2/c1-75(2,3)77(76(4,5)6)69-57-45-41-55(78(53-27-15-9-16-28-53)67-37-21-35-65-63-33-19-31-59(71(63)80-73(65)67)49-23-11-7-12-24-49)47-51(57)39-43-61(69)62-44-40-52-48-56(42-46-58(52)70(62)77)79(54-29-17-10-18-30-54)68-38-22-36-66-64-34-20-32-60(72(64)81-74(66)68)50-25-13-8-14-26-50/h9-10,15-22,27-50H,7-8,11-14,23-26H2,1-6H3. The third-order valence-electron chi connectivity index (χ3n) is 19.5. The molecule has 0 saturated heterocycles. The average molecular weight is 1060 g/mol. The SMILES string of the molecule is CC(C)(C)C1(C(C)(C)C)c2c(ccc3cc(N(c4ccccc4)c4cccc5c4oc4c(C6CCCCC6)cccc45)ccc23)-c2ccc3cc(N(c4ccccc4)c4cccc5c4oc4c(C6CCCCC6)cccc45)ccc3c21. The van der Waals surface area contributed by atoms with Gasteiger partial charge in [0.05, 0.1) is 11.4 Å². The largest absolute Gasteiger partial charge is 0.454 e. The average Bonchev–Trinajstić information content (AvgIpc) is 4.30. The lowest BCUT2D eigenvalue weighted by molar-refractivity contribution is 0.0977. The highest BCUT2D eigenvalue weighted by Crippen LogP contribution is 2.67. The van der Waals surface area contributed by atoms with E-state index < -0.39 is 5.41 Å². The van der Waals surface area contributed by atoms with E-state index in [4.69, 9.17) is 8.83 Å². The van der Waals surface area contributed by atoms with E-state index in [1.165, 1.54) is 130 Å². The third-order valence-corrected chi connectivity index (χ3v) is 19.5. The molecule has 0 spiro atoms. The van der Waals surface area contributed by atoms with Crippen molar-refractivity contribution in [3.63, 3.8) is 0 Å². The molecule has 3 aliphatic rings. The van der Waals surface area contributed by atoms with Crippen LogP contribution in [0.15, 0.2) is 203 Å². The molecule has 0 aliphatic heterocycles. The van der Waals surface area contributed by atoms with Gasteiger partial charge in [-0.15, -0.1) is 0 Å². The van der Waals surface area contributed by atoms with Crippen LogP contribution >= 0.6 is 0 Å². The molecule has 4 nitrogen and oxygen atoms in total. The van der Waals surface area contributed by atoms with Crippen molar-refractivity contribution in [3.05, 3.63) is 216 Å². The summed E-state index contributed by atoms with van der Waals surface area (Å²) < 4.78 is 14.4. The summed E-state index contributed by atoms with van der Waals surface area (Å²) in [7, 11) is 0. The zero-order valence-electron chi connectivity index (χ0n) is 47.9. The summed E-state index contributed by atoms with van der Waals surface area (Å²) in [5.41, 5.74) is 17.9. The van der Waals surface area contributed by atoms with Crippen LogP contribution in [0.25, 0.3) is 76.5 Å². The van der Waals surface area contributed by atoms with Crippen LogP contribution in [0.3, 0.4) is 0 Å². The highest BCUT2D eigenvalue weighted by atomic mass is 16.3. The van der Waals surface area contributed by atoms with Crippen molar-refractivity contribution in [1.82, 2.24) is 0 Å². The van der Waals surface area contributed by atoms with E-state index >= 15 is 0 Å². The number of nitrogens with zero attached hydrogens (tertiary/aromatic N) is 2. The van der Waals surface area contributed by atoms with E-state index in [9.17, 15) is 0 Å². The van der Waals surface area contributed by atoms with Gasteiger partial charge in [-0.25, -0.2) is 0 Å². The van der Waals surface area contributed by atoms with E-state index in [0.29, 0.717) is 11.8 Å². The number of anilines is 6. The normalized spacial score (nSPS) is 16.0. The molecule has 0 radical (unpaired) electrons. The maximum absolute atomic E-state index is 7.18. The summed E-state index contributed by atoms with van der Waals surface area (Å²) in [4.78, 5) is 4.83. The Bertz CT molecular complexity index is 4120. The first-order valence-electron chi connectivity index (χ1n) is 30.2. The molecule has 4 heteroatoms. The van der Waals surface area contributed by atoms with Gasteiger partial charge in [-0.3, -0.25) is 0 Å². The van der Waals surface area contributed by atoms with Crippen LogP contribution in [0.2, 0.25) is 0 Å². The molecule has 10 aromatic carbocycles. The smallest absolute Gasteiger partial charge is 0.159 e. The number of fused-ring (bicyclic) bond motifs is 13. The van der Waals surface area contributed by atoms with Crippen molar-refractivity contribution in [2.45, 2.75) is 123 Å². The van der Waals surface area contributed by atoms with Gasteiger partial charge in [0.2, 0.25) is 0 Å². The van der Waals surface area contributed by atoms with Gasteiger partial charge in [-0.2, -0.15) is 0 Å². The van der Waals surface area contributed by atoms with Gasteiger partial charge in [0, 0.05) is 49.7 Å². The minimum atomic E-state index is -0.392. The summed E-state index contributed by atoms with van der Waals surface area (Å²) in [6.07, 6.45) is 12.7. The molecule has 0 atom stereocenters. The second-order valence-electron chi connectivity index (χ2n) is 26.0. The lowest BCUT2D eigenvalue weighted by Gasteiger charge is -2.53. The molecule has 0 unspecified atom stereocenters. The van der Waals surface area contributed by atoms with E-state index in [1.54, 1.807) is 0 Å². The predicted molar refractivity (Wildman–Crippen MR) is 342 cm³/mol. The quantitative estimate of drug-likeness (QED) is 0.152. The van der Waals surface area contributed by atoms with Crippen molar-refractivity contribution in [3.8, 4) is 11.1 Å². The number of furan rings is 2. The first kappa shape index (κ1) is 49.9. The Morgan fingerprint density at radius 2 is 0.728 bits per heavy atom. The Hall–Kier alpha value is -8.08. The maximum Gasteiger partial charge on any atom is 0.159 e. The first-order chi connectivity index (χ1) is 39.5. The minimum absolute atomic E-state index is 0.196. The topological polar surface area (TPSA) is 32.8 Å². The van der Waals surface area contributed by atoms with Crippen LogP contribution < -0.4 is 9.80 Å². The number of hydrogen-bond acceptors (Lipinski definition) is 4. The summed E-state index contributed by atoms with van der Waals surface area (Å²) in [6, 6.07) is 72.9. The second-order valence-corrected chi connectivity index (χ2v) is 26.0.